The minimum absolute atomic E-state index is 0.766. The van der Waals surface area contributed by atoms with Crippen LogP contribution in [0.4, 0.5) is 22.7 Å². The average Bonchev–Trinajstić information content (AvgIpc) is 2.75. The van der Waals surface area contributed by atoms with Crippen molar-refractivity contribution in [2.45, 2.75) is 0 Å². The number of para-hydroxylation sites is 5. The van der Waals surface area contributed by atoms with Crippen LogP contribution in [0.1, 0.15) is 0 Å². The first kappa shape index (κ1) is 15.2. The molecular formula is C24H15N2O2. The lowest BCUT2D eigenvalue weighted by Crippen LogP contribution is -2.05. The fourth-order valence-electron chi connectivity index (χ4n) is 3.61. The summed E-state index contributed by atoms with van der Waals surface area (Å²) in [4.78, 5) is 0. The lowest BCUT2D eigenvalue weighted by molar-refractivity contribution is 0.481. The number of fused-ring (bicyclic) bond motifs is 4. The maximum absolute atomic E-state index is 6.08. The molecule has 1 radical (unpaired) electrons. The Morgan fingerprint density at radius 1 is 0.571 bits per heavy atom. The van der Waals surface area contributed by atoms with Gasteiger partial charge in [0.05, 0.1) is 22.7 Å². The highest BCUT2D eigenvalue weighted by Crippen LogP contribution is 2.48. The maximum atomic E-state index is 6.08. The van der Waals surface area contributed by atoms with E-state index in [2.05, 4.69) is 22.8 Å². The monoisotopic (exact) mass is 363 g/mol. The van der Waals surface area contributed by atoms with Crippen LogP contribution >= 0.6 is 0 Å². The first-order chi connectivity index (χ1) is 13.8. The quantitative estimate of drug-likeness (QED) is 0.335. The first-order valence-corrected chi connectivity index (χ1v) is 9.13. The Kier molecular flexibility index (Phi) is 3.14. The molecule has 2 aliphatic heterocycles. The van der Waals surface area contributed by atoms with Crippen molar-refractivity contribution in [1.82, 2.24) is 0 Å². The summed E-state index contributed by atoms with van der Waals surface area (Å²) in [6.45, 7) is 0. The van der Waals surface area contributed by atoms with Gasteiger partial charge in [-0.25, -0.2) is 0 Å². The van der Waals surface area contributed by atoms with Crippen molar-refractivity contribution in [3.05, 3.63) is 84.9 Å². The van der Waals surface area contributed by atoms with Crippen LogP contribution in [-0.2, 0) is 0 Å². The normalized spacial score (nSPS) is 12.7. The molecule has 0 unspecified atom stereocenters. The van der Waals surface area contributed by atoms with Crippen LogP contribution < -0.4 is 20.1 Å². The smallest absolute Gasteiger partial charge is 0.151 e. The van der Waals surface area contributed by atoms with E-state index in [1.807, 2.05) is 72.8 Å². The molecule has 6 rings (SSSR count). The van der Waals surface area contributed by atoms with Crippen LogP contribution in [0.5, 0.6) is 23.0 Å². The predicted molar refractivity (Wildman–Crippen MR) is 110 cm³/mol. The zero-order valence-corrected chi connectivity index (χ0v) is 14.8. The van der Waals surface area contributed by atoms with E-state index in [-0.39, 0.29) is 0 Å². The molecule has 2 heterocycles. The van der Waals surface area contributed by atoms with E-state index in [0.717, 1.165) is 56.9 Å². The number of hydrogen-bond acceptors (Lipinski definition) is 4. The maximum Gasteiger partial charge on any atom is 0.151 e. The molecule has 4 nitrogen and oxygen atoms in total. The molecule has 133 valence electrons. The van der Waals surface area contributed by atoms with Crippen molar-refractivity contribution in [1.29, 1.82) is 0 Å². The molecule has 0 fully saturated rings. The molecule has 0 saturated carbocycles. The zero-order chi connectivity index (χ0) is 18.5. The Morgan fingerprint density at radius 2 is 1.25 bits per heavy atom. The second-order valence-corrected chi connectivity index (χ2v) is 6.74. The minimum Gasteiger partial charge on any atom is -0.453 e. The van der Waals surface area contributed by atoms with Crippen molar-refractivity contribution >= 4 is 22.7 Å². The van der Waals surface area contributed by atoms with Gasteiger partial charge in [-0.3, -0.25) is 0 Å². The summed E-state index contributed by atoms with van der Waals surface area (Å²) in [6.07, 6.45) is 0. The first-order valence-electron chi connectivity index (χ1n) is 9.13. The zero-order valence-electron chi connectivity index (χ0n) is 14.8. The van der Waals surface area contributed by atoms with Gasteiger partial charge in [0.1, 0.15) is 0 Å². The third-order valence-corrected chi connectivity index (χ3v) is 4.96. The number of hydrogen-bond donors (Lipinski definition) is 2. The van der Waals surface area contributed by atoms with Crippen LogP contribution in [-0.4, -0.2) is 0 Å². The lowest BCUT2D eigenvalue weighted by atomic mass is 10.0. The van der Waals surface area contributed by atoms with Gasteiger partial charge in [0.15, 0.2) is 23.0 Å². The van der Waals surface area contributed by atoms with Crippen molar-refractivity contribution in [3.8, 4) is 34.1 Å². The number of ether oxygens (including phenoxy) is 2. The largest absolute Gasteiger partial charge is 0.453 e. The molecule has 0 aliphatic carbocycles. The number of benzene rings is 4. The van der Waals surface area contributed by atoms with Crippen LogP contribution in [0, 0.1) is 6.07 Å². The molecular weight excluding hydrogens is 348 g/mol. The van der Waals surface area contributed by atoms with E-state index >= 15 is 0 Å². The third kappa shape index (κ3) is 2.32. The predicted octanol–water partition coefficient (Wildman–Crippen LogP) is 6.85. The van der Waals surface area contributed by atoms with E-state index in [0.29, 0.717) is 0 Å². The van der Waals surface area contributed by atoms with Crippen molar-refractivity contribution in [2.24, 2.45) is 0 Å². The summed E-state index contributed by atoms with van der Waals surface area (Å²) in [5.74, 6) is 3.21. The van der Waals surface area contributed by atoms with Crippen LogP contribution in [0.3, 0.4) is 0 Å². The molecule has 28 heavy (non-hydrogen) atoms. The summed E-state index contributed by atoms with van der Waals surface area (Å²) in [5.41, 5.74) is 5.64. The van der Waals surface area contributed by atoms with Gasteiger partial charge < -0.3 is 20.1 Å². The third-order valence-electron chi connectivity index (χ3n) is 4.96. The molecule has 2 N–H and O–H groups in total. The Bertz CT molecular complexity index is 1230. The fraction of sp³-hybridized carbons (Fsp3) is 0. The molecule has 0 aromatic heterocycles. The summed E-state index contributed by atoms with van der Waals surface area (Å²) < 4.78 is 12.1. The molecule has 4 aromatic carbocycles. The highest BCUT2D eigenvalue weighted by molar-refractivity contribution is 5.90. The van der Waals surface area contributed by atoms with Gasteiger partial charge in [0.2, 0.25) is 0 Å². The fourth-order valence-corrected chi connectivity index (χ4v) is 3.61. The van der Waals surface area contributed by atoms with Gasteiger partial charge in [0.25, 0.3) is 0 Å². The molecule has 0 atom stereocenters. The highest BCUT2D eigenvalue weighted by Gasteiger charge is 2.21. The molecule has 4 aromatic rings. The SMILES string of the molecule is [c]1c(-c2cccc3c2Nc2ccccc2O3)ccc2c1Nc1ccccc1O2. The number of rotatable bonds is 1. The van der Waals surface area contributed by atoms with Gasteiger partial charge in [0, 0.05) is 11.6 Å². The summed E-state index contributed by atoms with van der Waals surface area (Å²) in [5, 5.41) is 6.92. The highest BCUT2D eigenvalue weighted by atomic mass is 16.5. The average molecular weight is 363 g/mol. The molecule has 0 spiro atoms. The molecule has 2 aliphatic rings. The molecule has 0 amide bonds. The van der Waals surface area contributed by atoms with Crippen LogP contribution in [0.25, 0.3) is 11.1 Å². The summed E-state index contributed by atoms with van der Waals surface area (Å²) >= 11 is 0. The molecule has 0 saturated heterocycles. The van der Waals surface area contributed by atoms with Crippen molar-refractivity contribution in [3.63, 3.8) is 0 Å². The summed E-state index contributed by atoms with van der Waals surface area (Å²) in [7, 11) is 0. The Hall–Kier alpha value is -3.92. The van der Waals surface area contributed by atoms with Crippen molar-refractivity contribution in [2.75, 3.05) is 10.6 Å². The van der Waals surface area contributed by atoms with E-state index < -0.39 is 0 Å². The number of anilines is 4. The second-order valence-electron chi connectivity index (χ2n) is 6.74. The summed E-state index contributed by atoms with van der Waals surface area (Å²) in [6, 6.07) is 29.3. The van der Waals surface area contributed by atoms with E-state index in [1.165, 1.54) is 0 Å². The van der Waals surface area contributed by atoms with Crippen LogP contribution in [0.15, 0.2) is 78.9 Å². The standard InChI is InChI=1S/C24H15N2O2/c1-3-9-20-17(7-1)25-19-14-15(12-13-22(19)27-20)16-6-5-11-23-24(16)26-18-8-2-4-10-21(18)28-23/h1-13,25-26H. The lowest BCUT2D eigenvalue weighted by Gasteiger charge is -2.25. The van der Waals surface area contributed by atoms with E-state index in [4.69, 9.17) is 9.47 Å². The Labute approximate surface area is 162 Å². The minimum atomic E-state index is 0.766. The molecule has 4 heteroatoms. The topological polar surface area (TPSA) is 42.5 Å². The van der Waals surface area contributed by atoms with Gasteiger partial charge in [-0.1, -0.05) is 36.4 Å². The second kappa shape index (κ2) is 5.79. The van der Waals surface area contributed by atoms with E-state index in [9.17, 15) is 0 Å². The number of nitrogens with one attached hydrogen (secondary N) is 2. The van der Waals surface area contributed by atoms with Gasteiger partial charge in [-0.05, 0) is 48.0 Å². The Balaban J connectivity index is 1.43. The van der Waals surface area contributed by atoms with Gasteiger partial charge in [-0.15, -0.1) is 0 Å². The van der Waals surface area contributed by atoms with E-state index in [1.54, 1.807) is 0 Å². The Morgan fingerprint density at radius 3 is 2.07 bits per heavy atom. The van der Waals surface area contributed by atoms with Gasteiger partial charge in [-0.2, -0.15) is 0 Å². The molecule has 0 bridgehead atoms. The van der Waals surface area contributed by atoms with Crippen LogP contribution in [0.2, 0.25) is 0 Å². The van der Waals surface area contributed by atoms with Crippen molar-refractivity contribution < 1.29 is 9.47 Å². The van der Waals surface area contributed by atoms with Gasteiger partial charge >= 0.3 is 0 Å².